The fourth-order valence-electron chi connectivity index (χ4n) is 3.04. The Labute approximate surface area is 127 Å². The first-order valence-corrected chi connectivity index (χ1v) is 7.96. The predicted molar refractivity (Wildman–Crippen MR) is 92.6 cm³/mol. The molecule has 0 fully saturated rings. The summed E-state index contributed by atoms with van der Waals surface area (Å²) in [5, 5.41) is 2.70. The molecule has 0 unspecified atom stereocenters. The molecule has 0 saturated carbocycles. The standard InChI is InChI=1S/C21H22/c1-2-3-5-11-19-16-15-17-10-8-9-14-20(17)21(19)18-12-6-4-7-13-18/h4,6-10,12-16H,2-3,5,11H2,1H3. The van der Waals surface area contributed by atoms with Crippen molar-refractivity contribution in [3.05, 3.63) is 72.3 Å². The van der Waals surface area contributed by atoms with Crippen molar-refractivity contribution in [2.75, 3.05) is 0 Å². The fourth-order valence-corrected chi connectivity index (χ4v) is 3.04. The molecule has 0 radical (unpaired) electrons. The first-order valence-electron chi connectivity index (χ1n) is 7.96. The van der Waals surface area contributed by atoms with E-state index in [1.807, 2.05) is 0 Å². The number of aryl methyl sites for hydroxylation is 1. The van der Waals surface area contributed by atoms with Crippen LogP contribution in [0.4, 0.5) is 0 Å². The summed E-state index contributed by atoms with van der Waals surface area (Å²) >= 11 is 0. The minimum Gasteiger partial charge on any atom is -0.0654 e. The Morgan fingerprint density at radius 1 is 0.714 bits per heavy atom. The van der Waals surface area contributed by atoms with Gasteiger partial charge in [0.1, 0.15) is 0 Å². The van der Waals surface area contributed by atoms with E-state index in [1.165, 1.54) is 53.1 Å². The van der Waals surface area contributed by atoms with E-state index in [9.17, 15) is 0 Å². The zero-order valence-electron chi connectivity index (χ0n) is 12.7. The largest absolute Gasteiger partial charge is 0.0654 e. The molecule has 0 spiro atoms. The lowest BCUT2D eigenvalue weighted by molar-refractivity contribution is 0.718. The van der Waals surface area contributed by atoms with Gasteiger partial charge in [-0.2, -0.15) is 0 Å². The van der Waals surface area contributed by atoms with E-state index < -0.39 is 0 Å². The molecular formula is C21H22. The Hall–Kier alpha value is -2.08. The number of hydrogen-bond donors (Lipinski definition) is 0. The molecule has 3 rings (SSSR count). The van der Waals surface area contributed by atoms with Gasteiger partial charge in [0.2, 0.25) is 0 Å². The molecule has 0 bridgehead atoms. The zero-order chi connectivity index (χ0) is 14.5. The third-order valence-corrected chi connectivity index (χ3v) is 4.13. The molecule has 3 aromatic rings. The van der Waals surface area contributed by atoms with Crippen molar-refractivity contribution in [2.24, 2.45) is 0 Å². The van der Waals surface area contributed by atoms with Crippen molar-refractivity contribution in [1.82, 2.24) is 0 Å². The summed E-state index contributed by atoms with van der Waals surface area (Å²) in [6.07, 6.45) is 5.02. The number of benzene rings is 3. The van der Waals surface area contributed by atoms with Gasteiger partial charge in [-0.1, -0.05) is 86.5 Å². The highest BCUT2D eigenvalue weighted by molar-refractivity contribution is 5.98. The number of fused-ring (bicyclic) bond motifs is 1. The van der Waals surface area contributed by atoms with Crippen LogP contribution in [0.25, 0.3) is 21.9 Å². The predicted octanol–water partition coefficient (Wildman–Crippen LogP) is 6.24. The first-order chi connectivity index (χ1) is 10.4. The molecule has 106 valence electrons. The molecular weight excluding hydrogens is 252 g/mol. The van der Waals surface area contributed by atoms with Crippen LogP contribution in [0.5, 0.6) is 0 Å². The van der Waals surface area contributed by atoms with Gasteiger partial charge in [-0.25, -0.2) is 0 Å². The summed E-state index contributed by atoms with van der Waals surface area (Å²) < 4.78 is 0. The van der Waals surface area contributed by atoms with Gasteiger partial charge < -0.3 is 0 Å². The van der Waals surface area contributed by atoms with Crippen LogP contribution in [0.1, 0.15) is 31.7 Å². The second-order valence-corrected chi connectivity index (χ2v) is 5.64. The molecule has 0 heterocycles. The smallest absolute Gasteiger partial charge is 0.00733 e. The maximum Gasteiger partial charge on any atom is -0.00733 e. The summed E-state index contributed by atoms with van der Waals surface area (Å²) in [5.41, 5.74) is 4.24. The molecule has 3 aromatic carbocycles. The molecule has 0 saturated heterocycles. The molecule has 0 amide bonds. The van der Waals surface area contributed by atoms with Crippen LogP contribution in [0.2, 0.25) is 0 Å². The SMILES string of the molecule is CCCCCc1ccc2ccccc2c1-c1ccccc1. The van der Waals surface area contributed by atoms with Crippen molar-refractivity contribution < 1.29 is 0 Å². The van der Waals surface area contributed by atoms with Crippen LogP contribution >= 0.6 is 0 Å². The van der Waals surface area contributed by atoms with Crippen molar-refractivity contribution >= 4 is 10.8 Å². The van der Waals surface area contributed by atoms with Crippen LogP contribution in [0.15, 0.2) is 66.7 Å². The molecule has 0 aromatic heterocycles. The summed E-state index contributed by atoms with van der Waals surface area (Å²) in [4.78, 5) is 0. The second kappa shape index (κ2) is 6.58. The maximum absolute atomic E-state index is 2.32. The molecule has 0 heteroatoms. The van der Waals surface area contributed by atoms with Gasteiger partial charge in [0.05, 0.1) is 0 Å². The Bertz CT molecular complexity index is 710. The van der Waals surface area contributed by atoms with E-state index in [-0.39, 0.29) is 0 Å². The summed E-state index contributed by atoms with van der Waals surface area (Å²) in [6.45, 7) is 2.26. The van der Waals surface area contributed by atoms with Crippen LogP contribution in [0, 0.1) is 0 Å². The lowest BCUT2D eigenvalue weighted by atomic mass is 9.91. The van der Waals surface area contributed by atoms with Gasteiger partial charge in [-0.3, -0.25) is 0 Å². The molecule has 0 aliphatic rings. The van der Waals surface area contributed by atoms with Gasteiger partial charge in [0, 0.05) is 0 Å². The lowest BCUT2D eigenvalue weighted by Crippen LogP contribution is -1.92. The summed E-state index contributed by atoms with van der Waals surface area (Å²) in [7, 11) is 0. The van der Waals surface area contributed by atoms with Crippen molar-refractivity contribution in [3.63, 3.8) is 0 Å². The highest BCUT2D eigenvalue weighted by atomic mass is 14.1. The third-order valence-electron chi connectivity index (χ3n) is 4.13. The Kier molecular flexibility index (Phi) is 4.35. The van der Waals surface area contributed by atoms with Crippen molar-refractivity contribution in [1.29, 1.82) is 0 Å². The van der Waals surface area contributed by atoms with Crippen LogP contribution in [0.3, 0.4) is 0 Å². The maximum atomic E-state index is 2.32. The van der Waals surface area contributed by atoms with Gasteiger partial charge >= 0.3 is 0 Å². The molecule has 0 atom stereocenters. The van der Waals surface area contributed by atoms with Gasteiger partial charge in [0.25, 0.3) is 0 Å². The number of hydrogen-bond acceptors (Lipinski definition) is 0. The van der Waals surface area contributed by atoms with E-state index in [0.29, 0.717) is 0 Å². The number of unbranched alkanes of at least 4 members (excludes halogenated alkanes) is 2. The summed E-state index contributed by atoms with van der Waals surface area (Å²) in [6, 6.07) is 24.1. The van der Waals surface area contributed by atoms with Crippen LogP contribution in [-0.4, -0.2) is 0 Å². The average Bonchev–Trinajstić information content (AvgIpc) is 2.55. The van der Waals surface area contributed by atoms with E-state index in [2.05, 4.69) is 73.7 Å². The molecule has 0 N–H and O–H groups in total. The van der Waals surface area contributed by atoms with E-state index >= 15 is 0 Å². The Balaban J connectivity index is 2.13. The molecule has 0 aliphatic carbocycles. The third kappa shape index (κ3) is 3.00. The minimum absolute atomic E-state index is 1.17. The number of rotatable bonds is 5. The topological polar surface area (TPSA) is 0 Å². The monoisotopic (exact) mass is 274 g/mol. The van der Waals surface area contributed by atoms with Crippen LogP contribution < -0.4 is 0 Å². The van der Waals surface area contributed by atoms with Gasteiger partial charge in [-0.15, -0.1) is 0 Å². The van der Waals surface area contributed by atoms with E-state index in [4.69, 9.17) is 0 Å². The van der Waals surface area contributed by atoms with Crippen LogP contribution in [-0.2, 0) is 6.42 Å². The zero-order valence-corrected chi connectivity index (χ0v) is 12.7. The fraction of sp³-hybridized carbons (Fsp3) is 0.238. The normalized spacial score (nSPS) is 10.9. The highest BCUT2D eigenvalue weighted by Crippen LogP contribution is 2.33. The van der Waals surface area contributed by atoms with Crippen molar-refractivity contribution in [3.8, 4) is 11.1 Å². The van der Waals surface area contributed by atoms with E-state index in [1.54, 1.807) is 0 Å². The lowest BCUT2D eigenvalue weighted by Gasteiger charge is -2.13. The van der Waals surface area contributed by atoms with Crippen molar-refractivity contribution in [2.45, 2.75) is 32.6 Å². The Morgan fingerprint density at radius 2 is 1.48 bits per heavy atom. The Morgan fingerprint density at radius 3 is 2.29 bits per heavy atom. The highest BCUT2D eigenvalue weighted by Gasteiger charge is 2.09. The van der Waals surface area contributed by atoms with Gasteiger partial charge in [-0.05, 0) is 40.3 Å². The molecule has 0 aliphatic heterocycles. The van der Waals surface area contributed by atoms with Gasteiger partial charge in [0.15, 0.2) is 0 Å². The molecule has 0 nitrogen and oxygen atoms in total. The second-order valence-electron chi connectivity index (χ2n) is 5.64. The van der Waals surface area contributed by atoms with E-state index in [0.717, 1.165) is 0 Å². The first kappa shape index (κ1) is 13.9. The quantitative estimate of drug-likeness (QED) is 0.483. The molecule has 21 heavy (non-hydrogen) atoms. The minimum atomic E-state index is 1.17. The average molecular weight is 274 g/mol. The summed E-state index contributed by atoms with van der Waals surface area (Å²) in [5.74, 6) is 0.